The van der Waals surface area contributed by atoms with Crippen LogP contribution in [0.4, 0.5) is 4.39 Å². The molecule has 1 aromatic carbocycles. The molecule has 0 saturated heterocycles. The van der Waals surface area contributed by atoms with Crippen LogP contribution in [0.3, 0.4) is 0 Å². The minimum Gasteiger partial charge on any atom is -0.493 e. The van der Waals surface area contributed by atoms with Crippen molar-refractivity contribution in [3.05, 3.63) is 23.5 Å². The molecule has 0 aliphatic heterocycles. The Labute approximate surface area is 94.3 Å². The van der Waals surface area contributed by atoms with Crippen LogP contribution in [-0.2, 0) is 0 Å². The summed E-state index contributed by atoms with van der Waals surface area (Å²) in [5, 5.41) is 0. The van der Waals surface area contributed by atoms with Crippen molar-refractivity contribution >= 4 is 0 Å². The van der Waals surface area contributed by atoms with E-state index in [9.17, 15) is 4.39 Å². The molecule has 1 atom stereocenters. The van der Waals surface area contributed by atoms with E-state index in [0.717, 1.165) is 12.8 Å². The van der Waals surface area contributed by atoms with Crippen LogP contribution in [0.2, 0.25) is 0 Å². The molecular formula is C12H16FNO2. The fourth-order valence-electron chi connectivity index (χ4n) is 1.83. The number of hydrogen-bond acceptors (Lipinski definition) is 3. The van der Waals surface area contributed by atoms with Gasteiger partial charge < -0.3 is 15.2 Å². The summed E-state index contributed by atoms with van der Waals surface area (Å²) in [6.07, 6.45) is 2.16. The smallest absolute Gasteiger partial charge is 0.163 e. The summed E-state index contributed by atoms with van der Waals surface area (Å²) in [5.41, 5.74) is 6.49. The zero-order valence-corrected chi connectivity index (χ0v) is 9.50. The van der Waals surface area contributed by atoms with Crippen LogP contribution in [-0.4, -0.2) is 14.2 Å². The van der Waals surface area contributed by atoms with Crippen LogP contribution < -0.4 is 15.2 Å². The molecule has 1 unspecified atom stereocenters. The van der Waals surface area contributed by atoms with Crippen LogP contribution in [0, 0.1) is 11.7 Å². The molecule has 0 aromatic heterocycles. The van der Waals surface area contributed by atoms with Gasteiger partial charge in [0.1, 0.15) is 5.82 Å². The fourth-order valence-corrected chi connectivity index (χ4v) is 1.83. The average Bonchev–Trinajstić information content (AvgIpc) is 3.11. The van der Waals surface area contributed by atoms with Gasteiger partial charge in [0.2, 0.25) is 0 Å². The van der Waals surface area contributed by atoms with Gasteiger partial charge in [0.25, 0.3) is 0 Å². The van der Waals surface area contributed by atoms with Crippen LogP contribution in [0.5, 0.6) is 11.5 Å². The van der Waals surface area contributed by atoms with E-state index in [-0.39, 0.29) is 11.9 Å². The summed E-state index contributed by atoms with van der Waals surface area (Å²) in [4.78, 5) is 0. The van der Waals surface area contributed by atoms with Crippen molar-refractivity contribution in [2.45, 2.75) is 18.9 Å². The molecule has 1 fully saturated rings. The number of halogens is 1. The molecule has 2 rings (SSSR count). The lowest BCUT2D eigenvalue weighted by atomic mass is 10.0. The van der Waals surface area contributed by atoms with Crippen molar-refractivity contribution in [2.24, 2.45) is 11.7 Å². The third-order valence-electron chi connectivity index (χ3n) is 2.99. The van der Waals surface area contributed by atoms with Gasteiger partial charge in [-0.15, -0.1) is 0 Å². The predicted octanol–water partition coefficient (Wildman–Crippen LogP) is 2.25. The van der Waals surface area contributed by atoms with Gasteiger partial charge in [-0.1, -0.05) is 0 Å². The number of nitrogens with two attached hydrogens (primary N) is 1. The molecule has 0 amide bonds. The fraction of sp³-hybridized carbons (Fsp3) is 0.500. The molecule has 4 heteroatoms. The quantitative estimate of drug-likeness (QED) is 0.854. The molecule has 0 bridgehead atoms. The molecule has 1 aromatic rings. The average molecular weight is 225 g/mol. The summed E-state index contributed by atoms with van der Waals surface area (Å²) in [7, 11) is 3.01. The molecule has 16 heavy (non-hydrogen) atoms. The Hall–Kier alpha value is -1.29. The molecule has 0 radical (unpaired) electrons. The maximum absolute atomic E-state index is 13.8. The lowest BCUT2D eigenvalue weighted by molar-refractivity contribution is 0.350. The van der Waals surface area contributed by atoms with E-state index >= 15 is 0 Å². The second-order valence-corrected chi connectivity index (χ2v) is 4.09. The van der Waals surface area contributed by atoms with E-state index < -0.39 is 0 Å². The largest absolute Gasteiger partial charge is 0.493 e. The standard InChI is InChI=1S/C12H16FNO2/c1-15-10-5-8(12(14)7-3-4-7)9(13)6-11(10)16-2/h5-7,12H,3-4,14H2,1-2H3. The third kappa shape index (κ3) is 1.97. The first-order valence-corrected chi connectivity index (χ1v) is 5.34. The van der Waals surface area contributed by atoms with Crippen LogP contribution in [0.25, 0.3) is 0 Å². The number of ether oxygens (including phenoxy) is 2. The van der Waals surface area contributed by atoms with Gasteiger partial charge in [-0.05, 0) is 24.8 Å². The molecular weight excluding hydrogens is 209 g/mol. The SMILES string of the molecule is COc1cc(F)c(C(N)C2CC2)cc1OC. The molecule has 88 valence electrons. The van der Waals surface area contributed by atoms with E-state index in [1.807, 2.05) is 0 Å². The normalized spacial score (nSPS) is 17.0. The highest BCUT2D eigenvalue weighted by molar-refractivity contribution is 5.45. The van der Waals surface area contributed by atoms with Crippen molar-refractivity contribution in [1.82, 2.24) is 0 Å². The molecule has 1 aliphatic rings. The lowest BCUT2D eigenvalue weighted by Gasteiger charge is -2.15. The second-order valence-electron chi connectivity index (χ2n) is 4.09. The Morgan fingerprint density at radius 1 is 1.25 bits per heavy atom. The van der Waals surface area contributed by atoms with Gasteiger partial charge in [0.05, 0.1) is 14.2 Å². The van der Waals surface area contributed by atoms with Crippen LogP contribution in [0.1, 0.15) is 24.4 Å². The summed E-state index contributed by atoms with van der Waals surface area (Å²) in [5.74, 6) is 1.01. The van der Waals surface area contributed by atoms with Gasteiger partial charge in [-0.25, -0.2) is 4.39 Å². The second kappa shape index (κ2) is 4.29. The van der Waals surface area contributed by atoms with Crippen LogP contribution in [0.15, 0.2) is 12.1 Å². The summed E-state index contributed by atoms with van der Waals surface area (Å²) >= 11 is 0. The van der Waals surface area contributed by atoms with Gasteiger partial charge in [-0.3, -0.25) is 0 Å². The molecule has 1 saturated carbocycles. The molecule has 0 spiro atoms. The van der Waals surface area contributed by atoms with Gasteiger partial charge in [-0.2, -0.15) is 0 Å². The maximum atomic E-state index is 13.8. The van der Waals surface area contributed by atoms with E-state index in [1.54, 1.807) is 6.07 Å². The van der Waals surface area contributed by atoms with Crippen LogP contribution >= 0.6 is 0 Å². The zero-order valence-electron chi connectivity index (χ0n) is 9.50. The van der Waals surface area contributed by atoms with E-state index in [0.29, 0.717) is 23.0 Å². The van der Waals surface area contributed by atoms with E-state index in [2.05, 4.69) is 0 Å². The van der Waals surface area contributed by atoms with Crippen molar-refractivity contribution < 1.29 is 13.9 Å². The van der Waals surface area contributed by atoms with Gasteiger partial charge in [0.15, 0.2) is 11.5 Å². The minimum absolute atomic E-state index is 0.236. The first kappa shape index (κ1) is 11.2. The lowest BCUT2D eigenvalue weighted by Crippen LogP contribution is -2.14. The maximum Gasteiger partial charge on any atom is 0.163 e. The van der Waals surface area contributed by atoms with Crippen molar-refractivity contribution in [3.8, 4) is 11.5 Å². The number of benzene rings is 1. The molecule has 1 aliphatic carbocycles. The van der Waals surface area contributed by atoms with E-state index in [1.165, 1.54) is 20.3 Å². The molecule has 3 nitrogen and oxygen atoms in total. The first-order chi connectivity index (χ1) is 7.67. The third-order valence-corrected chi connectivity index (χ3v) is 2.99. The van der Waals surface area contributed by atoms with E-state index in [4.69, 9.17) is 15.2 Å². The Morgan fingerprint density at radius 3 is 2.31 bits per heavy atom. The summed E-state index contributed by atoms with van der Waals surface area (Å²) in [6, 6.07) is 2.73. The summed E-state index contributed by atoms with van der Waals surface area (Å²) < 4.78 is 23.9. The Morgan fingerprint density at radius 2 is 1.81 bits per heavy atom. The molecule has 2 N–H and O–H groups in total. The Bertz CT molecular complexity index is 391. The van der Waals surface area contributed by atoms with Crippen molar-refractivity contribution in [2.75, 3.05) is 14.2 Å². The van der Waals surface area contributed by atoms with Gasteiger partial charge >= 0.3 is 0 Å². The minimum atomic E-state index is -0.322. The molecule has 0 heterocycles. The van der Waals surface area contributed by atoms with Crippen molar-refractivity contribution in [3.63, 3.8) is 0 Å². The summed E-state index contributed by atoms with van der Waals surface area (Å²) in [6.45, 7) is 0. The Balaban J connectivity index is 2.37. The topological polar surface area (TPSA) is 44.5 Å². The first-order valence-electron chi connectivity index (χ1n) is 5.34. The zero-order chi connectivity index (χ0) is 11.7. The Kier molecular flexibility index (Phi) is 3.01. The monoisotopic (exact) mass is 225 g/mol. The number of rotatable bonds is 4. The highest BCUT2D eigenvalue weighted by Crippen LogP contribution is 2.42. The highest BCUT2D eigenvalue weighted by atomic mass is 19.1. The predicted molar refractivity (Wildman–Crippen MR) is 59.2 cm³/mol. The number of hydrogen-bond donors (Lipinski definition) is 1. The number of methoxy groups -OCH3 is 2. The van der Waals surface area contributed by atoms with Gasteiger partial charge in [0, 0.05) is 17.7 Å². The highest BCUT2D eigenvalue weighted by Gasteiger charge is 2.31. The van der Waals surface area contributed by atoms with Crippen molar-refractivity contribution in [1.29, 1.82) is 0 Å².